The molecule has 0 aliphatic rings. The first kappa shape index (κ1) is 15.2. The van der Waals surface area contributed by atoms with E-state index in [1.165, 1.54) is 13.2 Å². The number of aliphatic hydroxyl groups excluding tert-OH is 1. The number of methoxy groups -OCH3 is 1. The second-order valence-electron chi connectivity index (χ2n) is 4.10. The fraction of sp³-hybridized carbons (Fsp3) is 0.538. The van der Waals surface area contributed by atoms with Crippen molar-refractivity contribution in [3.8, 4) is 11.5 Å². The summed E-state index contributed by atoms with van der Waals surface area (Å²) in [6.45, 7) is 4.07. The molecule has 0 bridgehead atoms. The number of benzene rings is 1. The van der Waals surface area contributed by atoms with E-state index in [0.717, 1.165) is 6.42 Å². The fourth-order valence-corrected chi connectivity index (χ4v) is 1.67. The van der Waals surface area contributed by atoms with Crippen LogP contribution >= 0.6 is 0 Å². The SMILES string of the molecule is CCCOc1c(OC)cc(C(O)CC)cc1[N+](=O)[O-]. The van der Waals surface area contributed by atoms with Crippen molar-refractivity contribution < 1.29 is 19.5 Å². The molecule has 0 fully saturated rings. The Balaban J connectivity index is 3.31. The number of nitrogens with zero attached hydrogens (tertiary/aromatic N) is 1. The number of hydrogen-bond acceptors (Lipinski definition) is 5. The van der Waals surface area contributed by atoms with Gasteiger partial charge < -0.3 is 14.6 Å². The van der Waals surface area contributed by atoms with Crippen molar-refractivity contribution in [3.63, 3.8) is 0 Å². The Morgan fingerprint density at radius 1 is 1.42 bits per heavy atom. The van der Waals surface area contributed by atoms with Gasteiger partial charge in [0.15, 0.2) is 5.75 Å². The molecule has 0 aromatic heterocycles. The molecule has 1 aromatic rings. The van der Waals surface area contributed by atoms with Crippen LogP contribution in [0.15, 0.2) is 12.1 Å². The lowest BCUT2D eigenvalue weighted by Gasteiger charge is -2.14. The van der Waals surface area contributed by atoms with Gasteiger partial charge in [0.05, 0.1) is 24.7 Å². The molecule has 1 unspecified atom stereocenters. The minimum absolute atomic E-state index is 0.112. The predicted octanol–water partition coefficient (Wildman–Crippen LogP) is 2.84. The Morgan fingerprint density at radius 3 is 2.58 bits per heavy atom. The lowest BCUT2D eigenvalue weighted by atomic mass is 10.1. The Hall–Kier alpha value is -1.82. The predicted molar refractivity (Wildman–Crippen MR) is 70.7 cm³/mol. The first-order valence-corrected chi connectivity index (χ1v) is 6.22. The summed E-state index contributed by atoms with van der Waals surface area (Å²) in [4.78, 5) is 10.6. The van der Waals surface area contributed by atoms with Gasteiger partial charge in [-0.3, -0.25) is 10.1 Å². The Morgan fingerprint density at radius 2 is 2.11 bits per heavy atom. The van der Waals surface area contributed by atoms with Gasteiger partial charge in [0.2, 0.25) is 5.75 Å². The van der Waals surface area contributed by atoms with Crippen LogP contribution in [0.25, 0.3) is 0 Å². The average Bonchev–Trinajstić information content (AvgIpc) is 2.42. The molecular formula is C13H19NO5. The molecule has 1 aromatic carbocycles. The maximum atomic E-state index is 11.1. The zero-order valence-corrected chi connectivity index (χ0v) is 11.4. The number of rotatable bonds is 7. The van der Waals surface area contributed by atoms with E-state index in [0.29, 0.717) is 18.6 Å². The highest BCUT2D eigenvalue weighted by Gasteiger charge is 2.23. The lowest BCUT2D eigenvalue weighted by Crippen LogP contribution is -2.04. The summed E-state index contributed by atoms with van der Waals surface area (Å²) >= 11 is 0. The van der Waals surface area contributed by atoms with E-state index in [2.05, 4.69) is 0 Å². The molecule has 0 saturated heterocycles. The van der Waals surface area contributed by atoms with Gasteiger partial charge >= 0.3 is 5.69 Å². The van der Waals surface area contributed by atoms with Gasteiger partial charge in [0.1, 0.15) is 0 Å². The van der Waals surface area contributed by atoms with Gasteiger partial charge in [0.25, 0.3) is 0 Å². The minimum Gasteiger partial charge on any atom is -0.493 e. The largest absolute Gasteiger partial charge is 0.493 e. The van der Waals surface area contributed by atoms with Crippen molar-refractivity contribution in [3.05, 3.63) is 27.8 Å². The Kier molecular flexibility index (Phi) is 5.57. The zero-order chi connectivity index (χ0) is 14.4. The smallest absolute Gasteiger partial charge is 0.315 e. The third-order valence-electron chi connectivity index (χ3n) is 2.70. The molecule has 0 amide bonds. The maximum absolute atomic E-state index is 11.1. The van der Waals surface area contributed by atoms with E-state index in [9.17, 15) is 15.2 Å². The molecule has 1 N–H and O–H groups in total. The van der Waals surface area contributed by atoms with E-state index in [-0.39, 0.29) is 17.2 Å². The van der Waals surface area contributed by atoms with Gasteiger partial charge in [-0.1, -0.05) is 13.8 Å². The monoisotopic (exact) mass is 269 g/mol. The summed E-state index contributed by atoms with van der Waals surface area (Å²) < 4.78 is 10.5. The van der Waals surface area contributed by atoms with Crippen LogP contribution in [0.1, 0.15) is 38.4 Å². The topological polar surface area (TPSA) is 81.8 Å². The number of nitro groups is 1. The summed E-state index contributed by atoms with van der Waals surface area (Å²) in [6, 6.07) is 2.91. The molecule has 19 heavy (non-hydrogen) atoms. The molecule has 0 aliphatic carbocycles. The summed E-state index contributed by atoms with van der Waals surface area (Å²) in [5, 5.41) is 20.9. The summed E-state index contributed by atoms with van der Waals surface area (Å²) in [7, 11) is 1.42. The van der Waals surface area contributed by atoms with Crippen LogP contribution in [-0.2, 0) is 0 Å². The van der Waals surface area contributed by atoms with Crippen LogP contribution in [0.3, 0.4) is 0 Å². The van der Waals surface area contributed by atoms with Crippen molar-refractivity contribution in [2.75, 3.05) is 13.7 Å². The van der Waals surface area contributed by atoms with Gasteiger partial charge in [-0.2, -0.15) is 0 Å². The van der Waals surface area contributed by atoms with E-state index in [4.69, 9.17) is 9.47 Å². The Bertz CT molecular complexity index is 447. The molecule has 0 spiro atoms. The highest BCUT2D eigenvalue weighted by molar-refractivity contribution is 5.58. The zero-order valence-electron chi connectivity index (χ0n) is 11.4. The van der Waals surface area contributed by atoms with Crippen LogP contribution in [0.4, 0.5) is 5.69 Å². The lowest BCUT2D eigenvalue weighted by molar-refractivity contribution is -0.386. The molecule has 0 saturated carbocycles. The molecule has 0 aliphatic heterocycles. The molecule has 106 valence electrons. The molecule has 0 radical (unpaired) electrons. The molecule has 1 rings (SSSR count). The van der Waals surface area contributed by atoms with Crippen molar-refractivity contribution in [2.24, 2.45) is 0 Å². The van der Waals surface area contributed by atoms with Crippen LogP contribution in [0, 0.1) is 10.1 Å². The third-order valence-corrected chi connectivity index (χ3v) is 2.70. The van der Waals surface area contributed by atoms with E-state index < -0.39 is 11.0 Å². The molecule has 6 heteroatoms. The van der Waals surface area contributed by atoms with Crippen molar-refractivity contribution in [1.82, 2.24) is 0 Å². The molecular weight excluding hydrogens is 250 g/mol. The van der Waals surface area contributed by atoms with Crippen LogP contribution < -0.4 is 9.47 Å². The third kappa shape index (κ3) is 3.57. The second kappa shape index (κ2) is 6.94. The summed E-state index contributed by atoms with van der Waals surface area (Å²) in [6.07, 6.45) is 0.447. The van der Waals surface area contributed by atoms with Crippen molar-refractivity contribution >= 4 is 5.69 Å². The normalized spacial score (nSPS) is 12.0. The first-order valence-electron chi connectivity index (χ1n) is 6.22. The average molecular weight is 269 g/mol. The molecule has 1 atom stereocenters. The van der Waals surface area contributed by atoms with Gasteiger partial charge in [-0.05, 0) is 24.5 Å². The quantitative estimate of drug-likeness (QED) is 0.608. The highest BCUT2D eigenvalue weighted by atomic mass is 16.6. The van der Waals surface area contributed by atoms with Crippen molar-refractivity contribution in [1.29, 1.82) is 0 Å². The number of ether oxygens (including phenoxy) is 2. The van der Waals surface area contributed by atoms with Crippen LogP contribution in [0.2, 0.25) is 0 Å². The van der Waals surface area contributed by atoms with Gasteiger partial charge in [-0.15, -0.1) is 0 Å². The van der Waals surface area contributed by atoms with Crippen molar-refractivity contribution in [2.45, 2.75) is 32.8 Å². The Labute approximate surface area is 112 Å². The fourth-order valence-electron chi connectivity index (χ4n) is 1.67. The minimum atomic E-state index is -0.757. The second-order valence-corrected chi connectivity index (χ2v) is 4.10. The highest BCUT2D eigenvalue weighted by Crippen LogP contribution is 2.40. The van der Waals surface area contributed by atoms with E-state index >= 15 is 0 Å². The standard InChI is InChI=1S/C13H19NO5/c1-4-6-19-13-10(14(16)17)7-9(11(15)5-2)8-12(13)18-3/h7-8,11,15H,4-6H2,1-3H3. The molecule has 0 heterocycles. The summed E-state index contributed by atoms with van der Waals surface area (Å²) in [5.41, 5.74) is 0.269. The van der Waals surface area contributed by atoms with Crippen LogP contribution in [0.5, 0.6) is 11.5 Å². The van der Waals surface area contributed by atoms with E-state index in [1.807, 2.05) is 6.92 Å². The van der Waals surface area contributed by atoms with Gasteiger partial charge in [0, 0.05) is 6.07 Å². The summed E-state index contributed by atoms with van der Waals surface area (Å²) in [5.74, 6) is 0.381. The molecule has 6 nitrogen and oxygen atoms in total. The number of hydrogen-bond donors (Lipinski definition) is 1. The first-order chi connectivity index (χ1) is 9.04. The van der Waals surface area contributed by atoms with E-state index in [1.54, 1.807) is 13.0 Å². The number of nitro benzene ring substituents is 1. The maximum Gasteiger partial charge on any atom is 0.315 e. The van der Waals surface area contributed by atoms with Gasteiger partial charge in [-0.25, -0.2) is 0 Å². The number of aliphatic hydroxyl groups is 1. The van der Waals surface area contributed by atoms with Crippen LogP contribution in [-0.4, -0.2) is 23.7 Å².